The Morgan fingerprint density at radius 3 is 1.86 bits per heavy atom. The van der Waals surface area contributed by atoms with Crippen molar-refractivity contribution < 1.29 is 4.42 Å². The van der Waals surface area contributed by atoms with Gasteiger partial charge < -0.3 is 9.32 Å². The summed E-state index contributed by atoms with van der Waals surface area (Å²) in [7, 11) is 0. The van der Waals surface area contributed by atoms with Crippen molar-refractivity contribution >= 4 is 49.8 Å². The molecule has 1 heterocycles. The minimum atomic E-state index is 0.890. The number of anilines is 3. The molecule has 2 heteroatoms. The van der Waals surface area contributed by atoms with Crippen molar-refractivity contribution in [2.75, 3.05) is 4.90 Å². The van der Waals surface area contributed by atoms with Crippen molar-refractivity contribution in [2.24, 2.45) is 0 Å². The third-order valence-electron chi connectivity index (χ3n) is 6.85. The van der Waals surface area contributed by atoms with Gasteiger partial charge in [0.1, 0.15) is 11.2 Å². The second-order valence-electron chi connectivity index (χ2n) is 9.03. The first-order valence-electron chi connectivity index (χ1n) is 12.2. The van der Waals surface area contributed by atoms with E-state index in [-0.39, 0.29) is 0 Å². The minimum absolute atomic E-state index is 0.890. The van der Waals surface area contributed by atoms with Gasteiger partial charge in [-0.05, 0) is 64.4 Å². The average molecular weight is 462 g/mol. The SMILES string of the molecule is c1ccc(-c2ccc(N(c3ccccc3)c3ccc4c(c3)oc3ccc5ccccc5c34)cc2)cc1. The fourth-order valence-corrected chi connectivity index (χ4v) is 5.13. The van der Waals surface area contributed by atoms with E-state index in [9.17, 15) is 0 Å². The van der Waals surface area contributed by atoms with Gasteiger partial charge in [-0.3, -0.25) is 0 Å². The highest BCUT2D eigenvalue weighted by Gasteiger charge is 2.16. The fourth-order valence-electron chi connectivity index (χ4n) is 5.13. The van der Waals surface area contributed by atoms with Gasteiger partial charge in [0, 0.05) is 33.9 Å². The maximum absolute atomic E-state index is 6.37. The van der Waals surface area contributed by atoms with E-state index in [1.54, 1.807) is 0 Å². The molecule has 2 nitrogen and oxygen atoms in total. The van der Waals surface area contributed by atoms with Gasteiger partial charge in [-0.1, -0.05) is 91.0 Å². The van der Waals surface area contributed by atoms with Gasteiger partial charge >= 0.3 is 0 Å². The quantitative estimate of drug-likeness (QED) is 0.259. The number of furan rings is 1. The molecule has 0 amide bonds. The van der Waals surface area contributed by atoms with Gasteiger partial charge in [0.05, 0.1) is 0 Å². The Kier molecular flexibility index (Phi) is 4.82. The third-order valence-corrected chi connectivity index (χ3v) is 6.85. The molecule has 0 bridgehead atoms. The van der Waals surface area contributed by atoms with Gasteiger partial charge in [-0.15, -0.1) is 0 Å². The van der Waals surface area contributed by atoms with Crippen LogP contribution in [0.4, 0.5) is 17.1 Å². The molecule has 170 valence electrons. The molecule has 36 heavy (non-hydrogen) atoms. The van der Waals surface area contributed by atoms with Crippen molar-refractivity contribution in [2.45, 2.75) is 0 Å². The van der Waals surface area contributed by atoms with Crippen molar-refractivity contribution in [1.82, 2.24) is 0 Å². The van der Waals surface area contributed by atoms with E-state index >= 15 is 0 Å². The smallest absolute Gasteiger partial charge is 0.137 e. The first kappa shape index (κ1) is 20.5. The van der Waals surface area contributed by atoms with Crippen molar-refractivity contribution in [1.29, 1.82) is 0 Å². The Morgan fingerprint density at radius 2 is 1.06 bits per heavy atom. The molecule has 0 saturated carbocycles. The lowest BCUT2D eigenvalue weighted by Crippen LogP contribution is -2.09. The van der Waals surface area contributed by atoms with Gasteiger partial charge in [0.25, 0.3) is 0 Å². The number of hydrogen-bond acceptors (Lipinski definition) is 2. The Hall–Kier alpha value is -4.82. The summed E-state index contributed by atoms with van der Waals surface area (Å²) in [6, 6.07) is 48.9. The first-order chi connectivity index (χ1) is 17.8. The zero-order chi connectivity index (χ0) is 23.9. The lowest BCUT2D eigenvalue weighted by molar-refractivity contribution is 0.669. The van der Waals surface area contributed by atoms with Crippen LogP contribution in [0.3, 0.4) is 0 Å². The van der Waals surface area contributed by atoms with Crippen LogP contribution in [-0.4, -0.2) is 0 Å². The van der Waals surface area contributed by atoms with E-state index in [2.05, 4.69) is 132 Å². The Morgan fingerprint density at radius 1 is 0.417 bits per heavy atom. The van der Waals surface area contributed by atoms with Crippen LogP contribution in [0.25, 0.3) is 43.8 Å². The summed E-state index contributed by atoms with van der Waals surface area (Å²) in [5.74, 6) is 0. The highest BCUT2D eigenvalue weighted by atomic mass is 16.3. The number of para-hydroxylation sites is 1. The lowest BCUT2D eigenvalue weighted by Gasteiger charge is -2.25. The van der Waals surface area contributed by atoms with E-state index in [0.29, 0.717) is 0 Å². The Bertz CT molecular complexity index is 1820. The molecule has 0 aliphatic heterocycles. The summed E-state index contributed by atoms with van der Waals surface area (Å²) in [5, 5.41) is 4.75. The van der Waals surface area contributed by atoms with E-state index in [1.807, 2.05) is 12.1 Å². The van der Waals surface area contributed by atoms with Gasteiger partial charge in [-0.2, -0.15) is 0 Å². The molecule has 0 radical (unpaired) electrons. The zero-order valence-corrected chi connectivity index (χ0v) is 19.6. The van der Waals surface area contributed by atoms with Gasteiger partial charge in [0.2, 0.25) is 0 Å². The van der Waals surface area contributed by atoms with E-state index in [4.69, 9.17) is 4.42 Å². The van der Waals surface area contributed by atoms with E-state index < -0.39 is 0 Å². The van der Waals surface area contributed by atoms with Crippen LogP contribution in [0, 0.1) is 0 Å². The second kappa shape index (κ2) is 8.44. The zero-order valence-electron chi connectivity index (χ0n) is 19.6. The molecule has 1 aromatic heterocycles. The largest absolute Gasteiger partial charge is 0.456 e. The number of hydrogen-bond donors (Lipinski definition) is 0. The summed E-state index contributed by atoms with van der Waals surface area (Å²) in [6.07, 6.45) is 0. The third kappa shape index (κ3) is 3.43. The summed E-state index contributed by atoms with van der Waals surface area (Å²) < 4.78 is 6.37. The number of nitrogens with zero attached hydrogens (tertiary/aromatic N) is 1. The number of benzene rings is 6. The van der Waals surface area contributed by atoms with Crippen molar-refractivity contribution in [3.05, 3.63) is 140 Å². The molecule has 0 atom stereocenters. The van der Waals surface area contributed by atoms with Crippen LogP contribution in [0.15, 0.2) is 144 Å². The summed E-state index contributed by atoms with van der Waals surface area (Å²) in [5.41, 5.74) is 7.48. The Balaban J connectivity index is 1.38. The molecule has 0 unspecified atom stereocenters. The Labute approximate surface area is 209 Å². The normalized spacial score (nSPS) is 11.3. The number of rotatable bonds is 4. The second-order valence-corrected chi connectivity index (χ2v) is 9.03. The molecular formula is C34H23NO. The molecule has 0 aliphatic rings. The highest BCUT2D eigenvalue weighted by Crippen LogP contribution is 2.40. The molecule has 7 aromatic rings. The molecule has 0 fully saturated rings. The van der Waals surface area contributed by atoms with Crippen molar-refractivity contribution in [3.8, 4) is 11.1 Å². The summed E-state index contributed by atoms with van der Waals surface area (Å²) in [6.45, 7) is 0. The molecule has 0 saturated heterocycles. The summed E-state index contributed by atoms with van der Waals surface area (Å²) in [4.78, 5) is 2.28. The summed E-state index contributed by atoms with van der Waals surface area (Å²) >= 11 is 0. The maximum atomic E-state index is 6.37. The predicted octanol–water partition coefficient (Wildman–Crippen LogP) is 9.88. The molecule has 6 aromatic carbocycles. The van der Waals surface area contributed by atoms with E-state index in [0.717, 1.165) is 33.6 Å². The first-order valence-corrected chi connectivity index (χ1v) is 12.2. The molecule has 0 aliphatic carbocycles. The molecule has 7 rings (SSSR count). The minimum Gasteiger partial charge on any atom is -0.456 e. The van der Waals surface area contributed by atoms with Crippen LogP contribution < -0.4 is 4.90 Å². The molecule has 0 N–H and O–H groups in total. The number of fused-ring (bicyclic) bond motifs is 5. The average Bonchev–Trinajstić information content (AvgIpc) is 3.33. The fraction of sp³-hybridized carbons (Fsp3) is 0. The topological polar surface area (TPSA) is 16.4 Å². The maximum Gasteiger partial charge on any atom is 0.137 e. The van der Waals surface area contributed by atoms with Crippen LogP contribution in [-0.2, 0) is 0 Å². The monoisotopic (exact) mass is 461 g/mol. The van der Waals surface area contributed by atoms with Gasteiger partial charge in [0.15, 0.2) is 0 Å². The standard InChI is InChI=1S/C34H23NO/c1-3-9-24(10-4-1)25-15-18-28(19-16-25)35(27-12-5-2-6-13-27)29-20-21-31-33(23-29)36-32-22-17-26-11-7-8-14-30(26)34(31)32/h1-23H. The van der Waals surface area contributed by atoms with Gasteiger partial charge in [-0.25, -0.2) is 0 Å². The van der Waals surface area contributed by atoms with E-state index in [1.165, 1.54) is 27.3 Å². The predicted molar refractivity (Wildman–Crippen MR) is 151 cm³/mol. The van der Waals surface area contributed by atoms with Crippen LogP contribution >= 0.6 is 0 Å². The highest BCUT2D eigenvalue weighted by molar-refractivity contribution is 6.19. The van der Waals surface area contributed by atoms with Crippen LogP contribution in [0.2, 0.25) is 0 Å². The van der Waals surface area contributed by atoms with Crippen LogP contribution in [0.5, 0.6) is 0 Å². The molecular weight excluding hydrogens is 438 g/mol. The lowest BCUT2D eigenvalue weighted by atomic mass is 10.0. The molecule has 0 spiro atoms. The van der Waals surface area contributed by atoms with Crippen molar-refractivity contribution in [3.63, 3.8) is 0 Å². The van der Waals surface area contributed by atoms with Crippen LogP contribution in [0.1, 0.15) is 0 Å².